The Morgan fingerprint density at radius 1 is 0.778 bits per heavy atom. The third kappa shape index (κ3) is 8.62. The second-order valence-electron chi connectivity index (χ2n) is 13.3. The maximum atomic E-state index is 4.29. The number of nitrogens with zero attached hydrogens (tertiary/aromatic N) is 1. The van der Waals surface area contributed by atoms with E-state index in [1.807, 2.05) is 24.4 Å². The first kappa shape index (κ1) is 37.4. The summed E-state index contributed by atoms with van der Waals surface area (Å²) in [5, 5.41) is 3.51. The van der Waals surface area contributed by atoms with Crippen LogP contribution in [0.5, 0.6) is 0 Å². The van der Waals surface area contributed by atoms with Gasteiger partial charge in [-0.05, 0) is 109 Å². The first-order chi connectivity index (χ1) is 26.6. The predicted octanol–water partition coefficient (Wildman–Crippen LogP) is 14.6. The van der Waals surface area contributed by atoms with E-state index in [0.717, 1.165) is 45.9 Å². The van der Waals surface area contributed by atoms with Crippen molar-refractivity contribution < 1.29 is 0 Å². The van der Waals surface area contributed by atoms with E-state index in [2.05, 4.69) is 214 Å². The Labute approximate surface area is 322 Å². The molecular formula is C52H50N2. The number of anilines is 1. The molecule has 6 rings (SSSR count). The van der Waals surface area contributed by atoms with Gasteiger partial charge < -0.3 is 9.88 Å². The summed E-state index contributed by atoms with van der Waals surface area (Å²) in [7, 11) is 0. The van der Waals surface area contributed by atoms with Crippen molar-refractivity contribution in [3.63, 3.8) is 0 Å². The van der Waals surface area contributed by atoms with E-state index >= 15 is 0 Å². The van der Waals surface area contributed by atoms with Gasteiger partial charge in [-0.15, -0.1) is 0 Å². The summed E-state index contributed by atoms with van der Waals surface area (Å²) in [5.74, 6) is 0.197. The Morgan fingerprint density at radius 2 is 1.56 bits per heavy atom. The molecule has 2 aliphatic rings. The largest absolute Gasteiger partial charge is 0.361 e. The summed E-state index contributed by atoms with van der Waals surface area (Å²) in [6.45, 7) is 12.8. The molecule has 1 aromatic heterocycles. The Balaban J connectivity index is 1.34. The quantitative estimate of drug-likeness (QED) is 0.163. The highest BCUT2D eigenvalue weighted by atomic mass is 15.0. The third-order valence-electron chi connectivity index (χ3n) is 9.72. The topological polar surface area (TPSA) is 17.0 Å². The van der Waals surface area contributed by atoms with Gasteiger partial charge >= 0.3 is 0 Å². The van der Waals surface area contributed by atoms with Crippen molar-refractivity contribution in [1.29, 1.82) is 0 Å². The number of rotatable bonds is 10. The first-order valence-corrected chi connectivity index (χ1v) is 18.9. The number of hydrogen-bond donors (Lipinski definition) is 1. The SMILES string of the molecule is C=Cc1c(/C=C\C)c(/C=C/C(/C=C\C(C)c2ccc3c(c2)-c2ccccc2\C=C/C=C\C=C\N3)=C/C)c(/C=C\C)n1C1=CC(c2ccccc2)=CCC=C1. The molecule has 1 unspecified atom stereocenters. The van der Waals surface area contributed by atoms with E-state index in [1.54, 1.807) is 0 Å². The second kappa shape index (κ2) is 18.4. The van der Waals surface area contributed by atoms with Crippen LogP contribution in [0.15, 0.2) is 176 Å². The molecular weight excluding hydrogens is 653 g/mol. The Kier molecular flexibility index (Phi) is 12.7. The van der Waals surface area contributed by atoms with Crippen molar-refractivity contribution in [3.05, 3.63) is 215 Å². The van der Waals surface area contributed by atoms with Crippen LogP contribution >= 0.6 is 0 Å². The van der Waals surface area contributed by atoms with Crippen molar-refractivity contribution in [1.82, 2.24) is 4.57 Å². The molecule has 0 amide bonds. The molecule has 54 heavy (non-hydrogen) atoms. The van der Waals surface area contributed by atoms with Crippen molar-refractivity contribution in [2.75, 3.05) is 5.32 Å². The molecule has 0 saturated heterocycles. The van der Waals surface area contributed by atoms with Gasteiger partial charge in [0.05, 0.1) is 11.4 Å². The van der Waals surface area contributed by atoms with Crippen LogP contribution in [0.3, 0.4) is 0 Å². The molecule has 3 aromatic carbocycles. The van der Waals surface area contributed by atoms with E-state index in [9.17, 15) is 0 Å². The van der Waals surface area contributed by atoms with Crippen LogP contribution in [0.2, 0.25) is 0 Å². The van der Waals surface area contributed by atoms with Gasteiger partial charge in [0.2, 0.25) is 0 Å². The predicted molar refractivity (Wildman–Crippen MR) is 240 cm³/mol. The molecule has 0 fully saturated rings. The maximum Gasteiger partial charge on any atom is 0.0537 e. The fourth-order valence-electron chi connectivity index (χ4n) is 6.94. The number of fused-ring (bicyclic) bond motifs is 3. The summed E-state index contributed by atoms with van der Waals surface area (Å²) in [5.41, 5.74) is 15.1. The van der Waals surface area contributed by atoms with E-state index in [0.29, 0.717) is 0 Å². The minimum atomic E-state index is 0.197. The van der Waals surface area contributed by atoms with Crippen molar-refractivity contribution in [3.8, 4) is 11.1 Å². The van der Waals surface area contributed by atoms with Gasteiger partial charge in [-0.1, -0.05) is 159 Å². The third-order valence-corrected chi connectivity index (χ3v) is 9.72. The second-order valence-corrected chi connectivity index (χ2v) is 13.3. The summed E-state index contributed by atoms with van der Waals surface area (Å²) >= 11 is 0. The highest BCUT2D eigenvalue weighted by Crippen LogP contribution is 2.36. The van der Waals surface area contributed by atoms with Crippen LogP contribution in [-0.4, -0.2) is 4.57 Å². The molecule has 2 heteroatoms. The molecule has 1 aliphatic heterocycles. The van der Waals surface area contributed by atoms with E-state index in [1.165, 1.54) is 33.4 Å². The zero-order valence-electron chi connectivity index (χ0n) is 31.9. The highest BCUT2D eigenvalue weighted by molar-refractivity contribution is 5.89. The summed E-state index contributed by atoms with van der Waals surface area (Å²) in [6.07, 6.45) is 44.1. The van der Waals surface area contributed by atoms with Crippen LogP contribution in [-0.2, 0) is 0 Å². The maximum absolute atomic E-state index is 4.29. The Bertz CT molecular complexity index is 2320. The zero-order chi connectivity index (χ0) is 37.7. The Hall–Kier alpha value is -6.38. The van der Waals surface area contributed by atoms with Gasteiger partial charge in [0.1, 0.15) is 0 Å². The summed E-state index contributed by atoms with van der Waals surface area (Å²) in [4.78, 5) is 0. The summed E-state index contributed by atoms with van der Waals surface area (Å²) < 4.78 is 2.34. The zero-order valence-corrected chi connectivity index (χ0v) is 31.9. The van der Waals surface area contributed by atoms with Gasteiger partial charge in [0.25, 0.3) is 0 Å². The van der Waals surface area contributed by atoms with Gasteiger partial charge in [-0.3, -0.25) is 0 Å². The monoisotopic (exact) mass is 702 g/mol. The molecule has 1 aliphatic carbocycles. The smallest absolute Gasteiger partial charge is 0.0537 e. The number of nitrogens with one attached hydrogen (secondary N) is 1. The lowest BCUT2D eigenvalue weighted by Crippen LogP contribution is -2.01. The van der Waals surface area contributed by atoms with Crippen LogP contribution in [0.1, 0.15) is 79.2 Å². The normalized spacial score (nSPS) is 17.0. The lowest BCUT2D eigenvalue weighted by atomic mass is 9.92. The molecule has 2 nitrogen and oxygen atoms in total. The summed E-state index contributed by atoms with van der Waals surface area (Å²) in [6, 6.07) is 26.0. The molecule has 2 heterocycles. The van der Waals surface area contributed by atoms with E-state index < -0.39 is 0 Å². The van der Waals surface area contributed by atoms with Gasteiger partial charge in [0, 0.05) is 34.3 Å². The van der Waals surface area contributed by atoms with Crippen molar-refractivity contribution in [2.24, 2.45) is 0 Å². The molecule has 0 radical (unpaired) electrons. The lowest BCUT2D eigenvalue weighted by molar-refractivity contribution is 0.967. The molecule has 0 spiro atoms. The standard InChI is InChI=1S/C52H50N2/c1-6-21-47-48(52(22-7-2)54(51(47)9-4)45-28-18-16-27-44(37-45)41-23-14-12-15-24-41)34-32-40(8-3)31-30-39(5)43-33-35-50-49(38-43)46-29-19-17-26-42(46)25-13-10-11-20-36-53-50/h6-15,17-39,53H,4,16H2,1-3,5H3/b11-10-,21-6-,22-7-,25-13-,31-30-,34-32+,36-20+,40-8+. The number of hydrogen-bond acceptors (Lipinski definition) is 1. The number of benzene rings is 3. The van der Waals surface area contributed by atoms with E-state index in [-0.39, 0.29) is 5.92 Å². The fourth-order valence-corrected chi connectivity index (χ4v) is 6.94. The van der Waals surface area contributed by atoms with Crippen LogP contribution in [0, 0.1) is 0 Å². The van der Waals surface area contributed by atoms with Crippen molar-refractivity contribution >= 4 is 47.3 Å². The molecule has 4 aromatic rings. The fraction of sp³-hybridized carbons (Fsp3) is 0.115. The van der Waals surface area contributed by atoms with Gasteiger partial charge in [0.15, 0.2) is 0 Å². The van der Waals surface area contributed by atoms with Crippen LogP contribution in [0.25, 0.3) is 52.8 Å². The van der Waals surface area contributed by atoms with Gasteiger partial charge in [-0.2, -0.15) is 0 Å². The molecule has 1 atom stereocenters. The molecule has 0 bridgehead atoms. The van der Waals surface area contributed by atoms with Crippen LogP contribution < -0.4 is 5.32 Å². The first-order valence-electron chi connectivity index (χ1n) is 18.9. The van der Waals surface area contributed by atoms with E-state index in [4.69, 9.17) is 0 Å². The van der Waals surface area contributed by atoms with Gasteiger partial charge in [-0.25, -0.2) is 0 Å². The number of aromatic nitrogens is 1. The average molecular weight is 703 g/mol. The van der Waals surface area contributed by atoms with Crippen molar-refractivity contribution in [2.45, 2.75) is 40.0 Å². The molecule has 0 saturated carbocycles. The molecule has 268 valence electrons. The lowest BCUT2D eigenvalue weighted by Gasteiger charge is -2.16. The average Bonchev–Trinajstić information content (AvgIpc) is 3.32. The number of allylic oxidation sites excluding steroid dienone is 17. The molecule has 1 N–H and O–H groups in total. The minimum absolute atomic E-state index is 0.197. The highest BCUT2D eigenvalue weighted by Gasteiger charge is 2.19. The van der Waals surface area contributed by atoms with Crippen LogP contribution in [0.4, 0.5) is 5.69 Å². The Morgan fingerprint density at radius 3 is 2.35 bits per heavy atom. The minimum Gasteiger partial charge on any atom is -0.361 e.